The minimum absolute atomic E-state index is 0.0278. The van der Waals surface area contributed by atoms with Gasteiger partial charge in [0.2, 0.25) is 0 Å². The summed E-state index contributed by atoms with van der Waals surface area (Å²) in [5.74, 6) is -0.933. The third-order valence-electron chi connectivity index (χ3n) is 1.48. The van der Waals surface area contributed by atoms with Crippen LogP contribution in [0.2, 0.25) is 0 Å². The topological polar surface area (TPSA) is 123 Å². The Kier molecular flexibility index (Phi) is 13.7. The zero-order valence-electron chi connectivity index (χ0n) is 8.59. The first-order valence-corrected chi connectivity index (χ1v) is 4.65. The van der Waals surface area contributed by atoms with E-state index in [0.29, 0.717) is 25.5 Å². The number of carbonyl (C=O) groups is 3. The first kappa shape index (κ1) is 16.2. The predicted molar refractivity (Wildman–Crippen MR) is 55.3 cm³/mol. The predicted octanol–water partition coefficient (Wildman–Crippen LogP) is -0.698. The van der Waals surface area contributed by atoms with Crippen molar-refractivity contribution in [1.82, 2.24) is 0 Å². The number of aldehydes is 2. The van der Waals surface area contributed by atoms with Gasteiger partial charge < -0.3 is 26.2 Å². The van der Waals surface area contributed by atoms with E-state index in [1.807, 2.05) is 0 Å². The summed E-state index contributed by atoms with van der Waals surface area (Å²) in [6.45, 7) is 0.604. The van der Waals surface area contributed by atoms with Crippen molar-refractivity contribution in [2.75, 3.05) is 6.54 Å². The van der Waals surface area contributed by atoms with Crippen LogP contribution in [0.5, 0.6) is 0 Å². The van der Waals surface area contributed by atoms with Gasteiger partial charge in [-0.3, -0.25) is 4.79 Å². The van der Waals surface area contributed by atoms with Crippen LogP contribution in [-0.2, 0) is 14.4 Å². The van der Waals surface area contributed by atoms with Gasteiger partial charge in [-0.05, 0) is 19.4 Å². The molecule has 1 atom stereocenters. The van der Waals surface area contributed by atoms with Crippen LogP contribution in [0.3, 0.4) is 0 Å². The molecule has 0 aliphatic heterocycles. The van der Waals surface area contributed by atoms with E-state index in [1.165, 1.54) is 0 Å². The molecule has 0 saturated heterocycles. The molecule has 0 rings (SSSR count). The first-order valence-electron chi connectivity index (χ1n) is 4.65. The molecular formula is C9H18N2O4. The standard InChI is InChI=1S/C6H14N2O2.C3H4O2/c7-4-2-1-3-5(8)6(9)10;4-2-1-3-5/h5H,1-4,7-8H2,(H,9,10);2-3H,1H2. The third-order valence-corrected chi connectivity index (χ3v) is 1.48. The fourth-order valence-corrected chi connectivity index (χ4v) is 0.671. The Labute approximate surface area is 88.6 Å². The minimum Gasteiger partial charge on any atom is -0.480 e. The normalized spacial score (nSPS) is 10.8. The minimum atomic E-state index is -0.933. The van der Waals surface area contributed by atoms with E-state index in [0.717, 1.165) is 12.8 Å². The zero-order chi connectivity index (χ0) is 12.1. The Hall–Kier alpha value is -1.27. The number of rotatable bonds is 7. The lowest BCUT2D eigenvalue weighted by Gasteiger charge is -2.03. The summed E-state index contributed by atoms with van der Waals surface area (Å²) in [5.41, 5.74) is 10.4. The van der Waals surface area contributed by atoms with E-state index >= 15 is 0 Å². The van der Waals surface area contributed by atoms with Crippen LogP contribution in [0, 0.1) is 0 Å². The van der Waals surface area contributed by atoms with Gasteiger partial charge in [-0.25, -0.2) is 0 Å². The van der Waals surface area contributed by atoms with Crippen LogP contribution in [0.1, 0.15) is 25.7 Å². The van der Waals surface area contributed by atoms with E-state index in [4.69, 9.17) is 16.6 Å². The molecule has 0 aromatic carbocycles. The second-order valence-electron chi connectivity index (χ2n) is 2.80. The van der Waals surface area contributed by atoms with E-state index < -0.39 is 12.0 Å². The van der Waals surface area contributed by atoms with E-state index in [1.54, 1.807) is 0 Å². The van der Waals surface area contributed by atoms with Crippen molar-refractivity contribution in [2.24, 2.45) is 11.5 Å². The maximum Gasteiger partial charge on any atom is 0.320 e. The van der Waals surface area contributed by atoms with Crippen LogP contribution >= 0.6 is 0 Å². The number of carboxylic acid groups (broad SMARTS) is 1. The maximum atomic E-state index is 10.1. The molecule has 0 radical (unpaired) electrons. The van der Waals surface area contributed by atoms with Gasteiger partial charge in [0.25, 0.3) is 0 Å². The number of hydrogen-bond donors (Lipinski definition) is 3. The summed E-state index contributed by atoms with van der Waals surface area (Å²) in [4.78, 5) is 28.5. The lowest BCUT2D eigenvalue weighted by Crippen LogP contribution is -2.29. The highest BCUT2D eigenvalue weighted by Crippen LogP contribution is 1.96. The largest absolute Gasteiger partial charge is 0.480 e. The first-order chi connectivity index (χ1) is 7.09. The highest BCUT2D eigenvalue weighted by atomic mass is 16.4. The summed E-state index contributed by atoms with van der Waals surface area (Å²) in [6.07, 6.45) is 3.32. The van der Waals surface area contributed by atoms with Crippen LogP contribution in [0.4, 0.5) is 0 Å². The maximum absolute atomic E-state index is 10.1. The summed E-state index contributed by atoms with van der Waals surface area (Å²) >= 11 is 0. The summed E-state index contributed by atoms with van der Waals surface area (Å²) in [6, 6.07) is -0.716. The molecule has 5 N–H and O–H groups in total. The molecule has 0 aliphatic carbocycles. The average molecular weight is 218 g/mol. The smallest absolute Gasteiger partial charge is 0.320 e. The fraction of sp³-hybridized carbons (Fsp3) is 0.667. The SMILES string of the molecule is NCCCCC(N)C(=O)O.O=CCC=O. The van der Waals surface area contributed by atoms with Crippen molar-refractivity contribution in [3.8, 4) is 0 Å². The summed E-state index contributed by atoms with van der Waals surface area (Å²) < 4.78 is 0. The number of nitrogens with two attached hydrogens (primary N) is 2. The van der Waals surface area contributed by atoms with E-state index in [9.17, 15) is 14.4 Å². The average Bonchev–Trinajstić information content (AvgIpc) is 2.20. The van der Waals surface area contributed by atoms with Crippen LogP contribution in [0.25, 0.3) is 0 Å². The Morgan fingerprint density at radius 1 is 1.27 bits per heavy atom. The molecule has 1 unspecified atom stereocenters. The van der Waals surface area contributed by atoms with Crippen molar-refractivity contribution < 1.29 is 19.5 Å². The van der Waals surface area contributed by atoms with Gasteiger partial charge in [0.15, 0.2) is 0 Å². The third kappa shape index (κ3) is 15.5. The molecule has 0 fully saturated rings. The van der Waals surface area contributed by atoms with Crippen molar-refractivity contribution in [1.29, 1.82) is 0 Å². The molecule has 0 aromatic rings. The second-order valence-corrected chi connectivity index (χ2v) is 2.80. The van der Waals surface area contributed by atoms with Crippen LogP contribution < -0.4 is 11.5 Å². The number of carboxylic acids is 1. The Balaban J connectivity index is 0. The number of hydrogen-bond acceptors (Lipinski definition) is 5. The molecule has 88 valence electrons. The van der Waals surface area contributed by atoms with Gasteiger partial charge in [0.1, 0.15) is 18.6 Å². The Morgan fingerprint density at radius 3 is 2.07 bits per heavy atom. The number of aliphatic carboxylic acids is 1. The highest BCUT2D eigenvalue weighted by molar-refractivity contribution is 5.73. The summed E-state index contributed by atoms with van der Waals surface area (Å²) in [5, 5.41) is 8.33. The van der Waals surface area contributed by atoms with Gasteiger partial charge in [0, 0.05) is 0 Å². The molecule has 0 aromatic heterocycles. The summed E-state index contributed by atoms with van der Waals surface area (Å²) in [7, 11) is 0. The quantitative estimate of drug-likeness (QED) is 0.295. The van der Waals surface area contributed by atoms with Gasteiger partial charge in [0.05, 0.1) is 6.42 Å². The number of carbonyl (C=O) groups excluding carboxylic acids is 2. The molecule has 0 heterocycles. The molecule has 0 amide bonds. The van der Waals surface area contributed by atoms with Crippen molar-refractivity contribution in [3.05, 3.63) is 0 Å². The Morgan fingerprint density at radius 2 is 1.80 bits per heavy atom. The van der Waals surface area contributed by atoms with E-state index in [-0.39, 0.29) is 6.42 Å². The molecule has 6 nitrogen and oxygen atoms in total. The van der Waals surface area contributed by atoms with Crippen LogP contribution in [0.15, 0.2) is 0 Å². The fourth-order valence-electron chi connectivity index (χ4n) is 0.671. The van der Waals surface area contributed by atoms with Crippen molar-refractivity contribution in [3.63, 3.8) is 0 Å². The molecule has 15 heavy (non-hydrogen) atoms. The molecular weight excluding hydrogens is 200 g/mol. The van der Waals surface area contributed by atoms with E-state index in [2.05, 4.69) is 0 Å². The molecule has 0 aliphatic rings. The molecule has 6 heteroatoms. The number of unbranched alkanes of at least 4 members (excludes halogenated alkanes) is 1. The Bertz CT molecular complexity index is 179. The van der Waals surface area contributed by atoms with Crippen molar-refractivity contribution in [2.45, 2.75) is 31.7 Å². The molecule has 0 spiro atoms. The van der Waals surface area contributed by atoms with Gasteiger partial charge in [-0.2, -0.15) is 0 Å². The van der Waals surface area contributed by atoms with Gasteiger partial charge in [-0.1, -0.05) is 6.42 Å². The van der Waals surface area contributed by atoms with Gasteiger partial charge in [-0.15, -0.1) is 0 Å². The van der Waals surface area contributed by atoms with Crippen LogP contribution in [-0.4, -0.2) is 36.2 Å². The van der Waals surface area contributed by atoms with Crippen molar-refractivity contribution >= 4 is 18.5 Å². The molecule has 0 saturated carbocycles. The monoisotopic (exact) mass is 218 g/mol. The lowest BCUT2D eigenvalue weighted by atomic mass is 10.1. The highest BCUT2D eigenvalue weighted by Gasteiger charge is 2.09. The van der Waals surface area contributed by atoms with Gasteiger partial charge >= 0.3 is 5.97 Å². The molecule has 0 bridgehead atoms. The lowest BCUT2D eigenvalue weighted by molar-refractivity contribution is -0.138. The zero-order valence-corrected chi connectivity index (χ0v) is 8.59. The second kappa shape index (κ2) is 12.7.